The quantitative estimate of drug-likeness (QED) is 0.702. The smallest absolute Gasteiger partial charge is 0.339 e. The Balaban J connectivity index is 2.68. The molecule has 0 fully saturated rings. The summed E-state index contributed by atoms with van der Waals surface area (Å²) in [7, 11) is 0. The third-order valence-electron chi connectivity index (χ3n) is 1.97. The Kier molecular flexibility index (Phi) is 4.27. The Labute approximate surface area is 95.3 Å². The first-order chi connectivity index (χ1) is 7.91. The number of aromatic nitrogens is 2. The lowest BCUT2D eigenvalue weighted by Gasteiger charge is -2.11. The lowest BCUT2D eigenvalue weighted by molar-refractivity contribution is 0.00376. The summed E-state index contributed by atoms with van der Waals surface area (Å²) in [6.07, 6.45) is -3.61. The molecule has 6 nitrogen and oxygen atoms in total. The number of nitrogens with zero attached hydrogens (tertiary/aromatic N) is 2. The summed E-state index contributed by atoms with van der Waals surface area (Å²) in [6, 6.07) is 0. The molecule has 0 aliphatic rings. The summed E-state index contributed by atoms with van der Waals surface area (Å²) in [5, 5.41) is 19.9. The van der Waals surface area contributed by atoms with Crippen LogP contribution in [-0.4, -0.2) is 45.2 Å². The average molecular weight is 247 g/mol. The molecule has 0 bridgehead atoms. The first-order valence-corrected chi connectivity index (χ1v) is 4.69. The number of aromatic carboxylic acids is 1. The first-order valence-electron chi connectivity index (χ1n) is 4.69. The molecule has 0 amide bonds. The molecule has 0 aromatic carbocycles. The summed E-state index contributed by atoms with van der Waals surface area (Å²) >= 11 is 0. The molecular weight excluding hydrogens is 236 g/mol. The number of aliphatic hydroxyl groups is 1. The van der Waals surface area contributed by atoms with Crippen LogP contribution in [-0.2, 0) is 0 Å². The van der Waals surface area contributed by atoms with Gasteiger partial charge in [-0.05, 0) is 6.92 Å². The maximum atomic E-state index is 12.0. The van der Waals surface area contributed by atoms with E-state index in [1.165, 1.54) is 6.92 Å². The highest BCUT2D eigenvalue weighted by Crippen LogP contribution is 2.08. The normalized spacial score (nSPS) is 12.5. The first kappa shape index (κ1) is 13.2. The molecule has 1 rings (SSSR count). The van der Waals surface area contributed by atoms with Gasteiger partial charge in [-0.2, -0.15) is 0 Å². The summed E-state index contributed by atoms with van der Waals surface area (Å²) in [5.74, 6) is -1.17. The fourth-order valence-corrected chi connectivity index (χ4v) is 1.05. The number of nitrogens with one attached hydrogen (secondary N) is 1. The van der Waals surface area contributed by atoms with E-state index in [1.807, 2.05) is 0 Å². The van der Waals surface area contributed by atoms with E-state index in [9.17, 15) is 13.6 Å². The Bertz CT molecular complexity index is 414. The highest BCUT2D eigenvalue weighted by molar-refractivity contribution is 5.88. The third-order valence-corrected chi connectivity index (χ3v) is 1.97. The monoisotopic (exact) mass is 247 g/mol. The summed E-state index contributed by atoms with van der Waals surface area (Å²) in [6.45, 7) is 1.05. The van der Waals surface area contributed by atoms with E-state index in [0.717, 1.165) is 6.20 Å². The van der Waals surface area contributed by atoms with Gasteiger partial charge in [0.25, 0.3) is 6.43 Å². The van der Waals surface area contributed by atoms with Gasteiger partial charge in [0.1, 0.15) is 6.10 Å². The SMILES string of the molecule is Cc1nc(NCC(O)C(F)F)ncc1C(=O)O. The Morgan fingerprint density at radius 1 is 1.59 bits per heavy atom. The van der Waals surface area contributed by atoms with Crippen molar-refractivity contribution >= 4 is 11.9 Å². The van der Waals surface area contributed by atoms with Crippen LogP contribution < -0.4 is 5.32 Å². The Morgan fingerprint density at radius 2 is 2.24 bits per heavy atom. The lowest BCUT2D eigenvalue weighted by atomic mass is 10.2. The van der Waals surface area contributed by atoms with Crippen LogP contribution >= 0.6 is 0 Å². The van der Waals surface area contributed by atoms with Crippen molar-refractivity contribution in [3.8, 4) is 0 Å². The van der Waals surface area contributed by atoms with Gasteiger partial charge in [-0.25, -0.2) is 23.5 Å². The van der Waals surface area contributed by atoms with Gasteiger partial charge in [0.05, 0.1) is 11.3 Å². The topological polar surface area (TPSA) is 95.3 Å². The van der Waals surface area contributed by atoms with Gasteiger partial charge >= 0.3 is 5.97 Å². The van der Waals surface area contributed by atoms with E-state index < -0.39 is 25.0 Å². The molecule has 0 aliphatic carbocycles. The summed E-state index contributed by atoms with van der Waals surface area (Å²) in [5.41, 5.74) is 0.145. The van der Waals surface area contributed by atoms with E-state index in [2.05, 4.69) is 15.3 Å². The maximum absolute atomic E-state index is 12.0. The molecule has 1 atom stereocenters. The van der Waals surface area contributed by atoms with Crippen LogP contribution in [0.15, 0.2) is 6.20 Å². The van der Waals surface area contributed by atoms with E-state index in [4.69, 9.17) is 10.2 Å². The molecule has 17 heavy (non-hydrogen) atoms. The van der Waals surface area contributed by atoms with Crippen LogP contribution in [0, 0.1) is 6.92 Å². The highest BCUT2D eigenvalue weighted by Gasteiger charge is 2.17. The van der Waals surface area contributed by atoms with Crippen molar-refractivity contribution in [2.24, 2.45) is 0 Å². The predicted octanol–water partition coefficient (Wildman–Crippen LogP) is 0.521. The average Bonchev–Trinajstić information content (AvgIpc) is 2.25. The van der Waals surface area contributed by atoms with Crippen molar-refractivity contribution in [3.05, 3.63) is 17.5 Å². The van der Waals surface area contributed by atoms with Crippen LogP contribution in [0.4, 0.5) is 14.7 Å². The van der Waals surface area contributed by atoms with Gasteiger partial charge < -0.3 is 15.5 Å². The molecule has 0 saturated heterocycles. The highest BCUT2D eigenvalue weighted by atomic mass is 19.3. The molecule has 1 aromatic heterocycles. The van der Waals surface area contributed by atoms with Crippen molar-refractivity contribution in [1.29, 1.82) is 0 Å². The van der Waals surface area contributed by atoms with Crippen LogP contribution in [0.1, 0.15) is 16.1 Å². The lowest BCUT2D eigenvalue weighted by Crippen LogP contribution is -2.27. The van der Waals surface area contributed by atoms with Gasteiger partial charge in [0, 0.05) is 12.7 Å². The van der Waals surface area contributed by atoms with Crippen LogP contribution in [0.25, 0.3) is 0 Å². The summed E-state index contributed by atoms with van der Waals surface area (Å²) < 4.78 is 23.9. The molecule has 1 aromatic rings. The van der Waals surface area contributed by atoms with E-state index in [-0.39, 0.29) is 17.2 Å². The number of halogens is 2. The zero-order valence-corrected chi connectivity index (χ0v) is 8.89. The minimum atomic E-state index is -2.86. The second-order valence-corrected chi connectivity index (χ2v) is 3.28. The molecule has 1 heterocycles. The van der Waals surface area contributed by atoms with Gasteiger partial charge in [-0.3, -0.25) is 0 Å². The van der Waals surface area contributed by atoms with Crippen LogP contribution in [0.3, 0.4) is 0 Å². The van der Waals surface area contributed by atoms with E-state index >= 15 is 0 Å². The minimum Gasteiger partial charge on any atom is -0.478 e. The second-order valence-electron chi connectivity index (χ2n) is 3.28. The van der Waals surface area contributed by atoms with Crippen molar-refractivity contribution in [2.45, 2.75) is 19.5 Å². The number of alkyl halides is 2. The fourth-order valence-electron chi connectivity index (χ4n) is 1.05. The van der Waals surface area contributed by atoms with Gasteiger partial charge in [0.2, 0.25) is 5.95 Å². The Morgan fingerprint density at radius 3 is 2.71 bits per heavy atom. The molecule has 94 valence electrons. The number of carboxylic acids is 1. The second kappa shape index (κ2) is 5.48. The number of rotatable bonds is 5. The summed E-state index contributed by atoms with van der Waals surface area (Å²) in [4.78, 5) is 18.0. The molecule has 0 radical (unpaired) electrons. The van der Waals surface area contributed by atoms with Crippen LogP contribution in [0.5, 0.6) is 0 Å². The van der Waals surface area contributed by atoms with Crippen molar-refractivity contribution < 1.29 is 23.8 Å². The zero-order chi connectivity index (χ0) is 13.0. The molecule has 0 aliphatic heterocycles. The van der Waals surface area contributed by atoms with Crippen molar-refractivity contribution in [2.75, 3.05) is 11.9 Å². The fraction of sp³-hybridized carbons (Fsp3) is 0.444. The standard InChI is InChI=1S/C9H11F2N3O3/c1-4-5(8(16)17)2-12-9(14-4)13-3-6(15)7(10)11/h2,6-7,15H,3H2,1H3,(H,16,17)(H,12,13,14). The number of carboxylic acid groups (broad SMARTS) is 1. The molecule has 0 saturated carbocycles. The molecular formula is C9H11F2N3O3. The van der Waals surface area contributed by atoms with Gasteiger partial charge in [-0.1, -0.05) is 0 Å². The third kappa shape index (κ3) is 3.59. The van der Waals surface area contributed by atoms with Gasteiger partial charge in [0.15, 0.2) is 0 Å². The number of hydrogen-bond acceptors (Lipinski definition) is 5. The number of carbonyl (C=O) groups is 1. The maximum Gasteiger partial charge on any atom is 0.339 e. The molecule has 8 heteroatoms. The largest absolute Gasteiger partial charge is 0.478 e. The molecule has 0 spiro atoms. The Hall–Kier alpha value is -1.83. The zero-order valence-electron chi connectivity index (χ0n) is 8.89. The number of hydrogen-bond donors (Lipinski definition) is 3. The van der Waals surface area contributed by atoms with E-state index in [0.29, 0.717) is 0 Å². The number of aryl methyl sites for hydroxylation is 1. The van der Waals surface area contributed by atoms with E-state index in [1.54, 1.807) is 0 Å². The molecule has 1 unspecified atom stereocenters. The van der Waals surface area contributed by atoms with Gasteiger partial charge in [-0.15, -0.1) is 0 Å². The predicted molar refractivity (Wildman–Crippen MR) is 54.2 cm³/mol. The van der Waals surface area contributed by atoms with Crippen molar-refractivity contribution in [1.82, 2.24) is 9.97 Å². The van der Waals surface area contributed by atoms with Crippen molar-refractivity contribution in [3.63, 3.8) is 0 Å². The molecule has 3 N–H and O–H groups in total. The minimum absolute atomic E-state index is 0.00722. The number of aliphatic hydroxyl groups excluding tert-OH is 1. The van der Waals surface area contributed by atoms with Crippen LogP contribution in [0.2, 0.25) is 0 Å². The number of anilines is 1.